The molecule has 0 spiro atoms. The van der Waals surface area contributed by atoms with Gasteiger partial charge in [0.2, 0.25) is 0 Å². The van der Waals surface area contributed by atoms with Gasteiger partial charge in [0.15, 0.2) is 0 Å². The topological polar surface area (TPSA) is 0 Å². The highest BCUT2D eigenvalue weighted by molar-refractivity contribution is 7.26. The smallest absolute Gasteiger partial charge is 0.0362 e. The summed E-state index contributed by atoms with van der Waals surface area (Å²) >= 11 is 1.90. The van der Waals surface area contributed by atoms with Crippen LogP contribution in [0.1, 0.15) is 0 Å². The maximum atomic E-state index is 2.41. The van der Waals surface area contributed by atoms with E-state index in [1.54, 1.807) is 0 Å². The SMILES string of the molecule is c1ccc(-c2cc(-c3c4ccccc4c(-c4cccc5sc6cc7ccccc7cc6c45)c4ccccc34)c3ccccc3c2)cc1. The van der Waals surface area contributed by atoms with Crippen LogP contribution in [0.15, 0.2) is 170 Å². The van der Waals surface area contributed by atoms with Crippen LogP contribution in [-0.2, 0) is 0 Å². The Kier molecular flexibility index (Phi) is 5.85. The van der Waals surface area contributed by atoms with E-state index in [1.807, 2.05) is 11.3 Å². The molecule has 0 bridgehead atoms. The van der Waals surface area contributed by atoms with Crippen molar-refractivity contribution in [3.8, 4) is 33.4 Å². The zero-order valence-electron chi connectivity index (χ0n) is 25.6. The molecule has 10 rings (SSSR count). The molecular formula is C46H28S. The highest BCUT2D eigenvalue weighted by atomic mass is 32.1. The lowest BCUT2D eigenvalue weighted by Gasteiger charge is -2.20. The second-order valence-corrected chi connectivity index (χ2v) is 13.5. The lowest BCUT2D eigenvalue weighted by Crippen LogP contribution is -1.93. The van der Waals surface area contributed by atoms with Crippen LogP contribution in [0.2, 0.25) is 0 Å². The molecule has 218 valence electrons. The molecule has 0 saturated heterocycles. The molecule has 0 fully saturated rings. The van der Waals surface area contributed by atoms with Gasteiger partial charge in [-0.3, -0.25) is 0 Å². The predicted octanol–water partition coefficient (Wildman–Crippen LogP) is 13.7. The van der Waals surface area contributed by atoms with Crippen molar-refractivity contribution in [1.82, 2.24) is 0 Å². The quantitative estimate of drug-likeness (QED) is 0.174. The summed E-state index contributed by atoms with van der Waals surface area (Å²) in [7, 11) is 0. The Morgan fingerprint density at radius 2 is 0.851 bits per heavy atom. The fourth-order valence-electron chi connectivity index (χ4n) is 7.74. The van der Waals surface area contributed by atoms with Crippen LogP contribution in [0.4, 0.5) is 0 Å². The van der Waals surface area contributed by atoms with Crippen LogP contribution >= 0.6 is 11.3 Å². The van der Waals surface area contributed by atoms with Gasteiger partial charge in [0.25, 0.3) is 0 Å². The number of hydrogen-bond acceptors (Lipinski definition) is 1. The van der Waals surface area contributed by atoms with E-state index in [4.69, 9.17) is 0 Å². The Balaban J connectivity index is 1.35. The van der Waals surface area contributed by atoms with Crippen LogP contribution in [0.25, 0.3) is 96.6 Å². The normalized spacial score (nSPS) is 11.8. The second kappa shape index (κ2) is 10.4. The Hall–Kier alpha value is -5.76. The Bertz CT molecular complexity index is 2780. The molecule has 0 atom stereocenters. The van der Waals surface area contributed by atoms with Gasteiger partial charge in [-0.25, -0.2) is 0 Å². The van der Waals surface area contributed by atoms with E-state index >= 15 is 0 Å². The molecule has 47 heavy (non-hydrogen) atoms. The molecule has 0 unspecified atom stereocenters. The molecule has 0 aliphatic heterocycles. The molecule has 1 aromatic heterocycles. The molecule has 0 amide bonds. The van der Waals surface area contributed by atoms with E-state index in [9.17, 15) is 0 Å². The lowest BCUT2D eigenvalue weighted by atomic mass is 9.83. The van der Waals surface area contributed by atoms with E-state index < -0.39 is 0 Å². The summed E-state index contributed by atoms with van der Waals surface area (Å²) in [4.78, 5) is 0. The van der Waals surface area contributed by atoms with Gasteiger partial charge in [0, 0.05) is 20.2 Å². The number of thiophene rings is 1. The third-order valence-electron chi connectivity index (χ3n) is 9.80. The van der Waals surface area contributed by atoms with Crippen molar-refractivity contribution in [3.05, 3.63) is 170 Å². The molecule has 0 aliphatic rings. The van der Waals surface area contributed by atoms with Crippen molar-refractivity contribution in [2.45, 2.75) is 0 Å². The summed E-state index contributed by atoms with van der Waals surface area (Å²) in [6.45, 7) is 0. The van der Waals surface area contributed by atoms with E-state index in [0.29, 0.717) is 0 Å². The van der Waals surface area contributed by atoms with E-state index in [1.165, 1.54) is 96.6 Å². The van der Waals surface area contributed by atoms with Gasteiger partial charge in [-0.15, -0.1) is 11.3 Å². The fourth-order valence-corrected chi connectivity index (χ4v) is 8.91. The molecule has 1 heterocycles. The lowest BCUT2D eigenvalue weighted by molar-refractivity contribution is 1.63. The average molecular weight is 613 g/mol. The molecule has 0 N–H and O–H groups in total. The first-order valence-electron chi connectivity index (χ1n) is 16.2. The number of rotatable bonds is 3. The fraction of sp³-hybridized carbons (Fsp3) is 0. The molecule has 0 nitrogen and oxygen atoms in total. The Morgan fingerprint density at radius 3 is 1.53 bits per heavy atom. The molecule has 9 aromatic carbocycles. The summed E-state index contributed by atoms with van der Waals surface area (Å²) < 4.78 is 2.66. The maximum Gasteiger partial charge on any atom is 0.0362 e. The van der Waals surface area contributed by atoms with Gasteiger partial charge in [-0.1, -0.05) is 140 Å². The Labute approximate surface area is 276 Å². The molecular weight excluding hydrogens is 585 g/mol. The van der Waals surface area contributed by atoms with Gasteiger partial charge in [0.05, 0.1) is 0 Å². The molecule has 0 saturated carbocycles. The van der Waals surface area contributed by atoms with Gasteiger partial charge in [-0.2, -0.15) is 0 Å². The first-order valence-corrected chi connectivity index (χ1v) is 17.0. The molecule has 10 aromatic rings. The third-order valence-corrected chi connectivity index (χ3v) is 10.9. The van der Waals surface area contributed by atoms with Gasteiger partial charge >= 0.3 is 0 Å². The first-order chi connectivity index (χ1) is 23.3. The van der Waals surface area contributed by atoms with Crippen molar-refractivity contribution in [2.75, 3.05) is 0 Å². The molecule has 0 radical (unpaired) electrons. The van der Waals surface area contributed by atoms with E-state index in [2.05, 4.69) is 170 Å². The summed E-state index contributed by atoms with van der Waals surface area (Å²) in [6.07, 6.45) is 0. The average Bonchev–Trinajstić information content (AvgIpc) is 3.50. The van der Waals surface area contributed by atoms with E-state index in [-0.39, 0.29) is 0 Å². The molecule has 0 aliphatic carbocycles. The minimum absolute atomic E-state index is 1.23. The van der Waals surface area contributed by atoms with Crippen LogP contribution in [-0.4, -0.2) is 0 Å². The van der Waals surface area contributed by atoms with Crippen molar-refractivity contribution < 1.29 is 0 Å². The zero-order chi connectivity index (χ0) is 30.9. The van der Waals surface area contributed by atoms with Gasteiger partial charge in [-0.05, 0) is 107 Å². The monoisotopic (exact) mass is 612 g/mol. The minimum Gasteiger partial charge on any atom is -0.135 e. The maximum absolute atomic E-state index is 2.41. The third kappa shape index (κ3) is 4.07. The van der Waals surface area contributed by atoms with Crippen LogP contribution in [0.5, 0.6) is 0 Å². The summed E-state index contributed by atoms with van der Waals surface area (Å²) in [5.41, 5.74) is 7.63. The second-order valence-electron chi connectivity index (χ2n) is 12.4. The largest absolute Gasteiger partial charge is 0.135 e. The first kappa shape index (κ1) is 26.5. The van der Waals surface area contributed by atoms with Crippen LogP contribution in [0.3, 0.4) is 0 Å². The van der Waals surface area contributed by atoms with Gasteiger partial charge < -0.3 is 0 Å². The van der Waals surface area contributed by atoms with Crippen LogP contribution < -0.4 is 0 Å². The number of hydrogen-bond donors (Lipinski definition) is 0. The van der Waals surface area contributed by atoms with Gasteiger partial charge in [0.1, 0.15) is 0 Å². The minimum atomic E-state index is 1.23. The highest BCUT2D eigenvalue weighted by Gasteiger charge is 2.21. The van der Waals surface area contributed by atoms with Crippen molar-refractivity contribution in [3.63, 3.8) is 0 Å². The highest BCUT2D eigenvalue weighted by Crippen LogP contribution is 2.49. The van der Waals surface area contributed by atoms with Crippen molar-refractivity contribution in [2.24, 2.45) is 0 Å². The van der Waals surface area contributed by atoms with Crippen LogP contribution in [0, 0.1) is 0 Å². The summed E-state index contributed by atoms with van der Waals surface area (Å²) in [5, 5.41) is 12.9. The van der Waals surface area contributed by atoms with E-state index in [0.717, 1.165) is 0 Å². The van der Waals surface area contributed by atoms with Crippen molar-refractivity contribution >= 4 is 74.6 Å². The predicted molar refractivity (Wildman–Crippen MR) is 206 cm³/mol. The summed E-state index contributed by atoms with van der Waals surface area (Å²) in [5.74, 6) is 0. The molecule has 1 heteroatoms. The number of benzene rings is 9. The number of fused-ring (bicyclic) bond motifs is 7. The Morgan fingerprint density at radius 1 is 0.298 bits per heavy atom. The zero-order valence-corrected chi connectivity index (χ0v) is 26.4. The standard InChI is InChI=1S/C46H28S/c1-2-13-29(14-3-1)33-25-32-17-6-7-18-34(32)40(27-33)45-37-21-10-8-19-35(37)44(36-20-9-11-22-38(36)45)39-23-12-24-42-46(39)41-26-30-15-4-5-16-31(30)28-43(41)47-42/h1-28H. The summed E-state index contributed by atoms with van der Waals surface area (Å²) in [6, 6.07) is 62.8. The van der Waals surface area contributed by atoms with Crippen molar-refractivity contribution in [1.29, 1.82) is 0 Å².